The van der Waals surface area contributed by atoms with Gasteiger partial charge in [-0.05, 0) is 44.0 Å². The zero-order valence-electron chi connectivity index (χ0n) is 12.4. The number of imide groups is 1. The van der Waals surface area contributed by atoms with Crippen LogP contribution in [0.5, 0.6) is 0 Å². The van der Waals surface area contributed by atoms with Crippen LogP contribution in [-0.2, 0) is 0 Å². The topological polar surface area (TPSA) is 37.4 Å². The van der Waals surface area contributed by atoms with E-state index in [9.17, 15) is 9.59 Å². The van der Waals surface area contributed by atoms with Crippen LogP contribution in [0.3, 0.4) is 0 Å². The lowest BCUT2D eigenvalue weighted by molar-refractivity contribution is 0.0595. The van der Waals surface area contributed by atoms with Crippen LogP contribution >= 0.6 is 0 Å². The lowest BCUT2D eigenvalue weighted by Gasteiger charge is -2.24. The van der Waals surface area contributed by atoms with Crippen molar-refractivity contribution in [2.24, 2.45) is 0 Å². The number of benzene rings is 2. The number of rotatable bonds is 2. The molecule has 1 aliphatic heterocycles. The molecule has 21 heavy (non-hydrogen) atoms. The van der Waals surface area contributed by atoms with E-state index in [1.165, 1.54) is 4.90 Å². The highest BCUT2D eigenvalue weighted by atomic mass is 16.2. The summed E-state index contributed by atoms with van der Waals surface area (Å²) in [6.45, 7) is 5.92. The zero-order chi connectivity index (χ0) is 15.1. The van der Waals surface area contributed by atoms with Gasteiger partial charge in [-0.25, -0.2) is 0 Å². The fraction of sp³-hybridized carbons (Fsp3) is 0.222. The van der Waals surface area contributed by atoms with Crippen molar-refractivity contribution >= 4 is 11.8 Å². The summed E-state index contributed by atoms with van der Waals surface area (Å²) in [5, 5.41) is 0. The van der Waals surface area contributed by atoms with Crippen LogP contribution in [0.1, 0.15) is 50.4 Å². The Morgan fingerprint density at radius 3 is 2.05 bits per heavy atom. The molecule has 2 aromatic rings. The monoisotopic (exact) mass is 279 g/mol. The lowest BCUT2D eigenvalue weighted by Crippen LogP contribution is -2.32. The second-order valence-corrected chi connectivity index (χ2v) is 5.56. The van der Waals surface area contributed by atoms with E-state index in [-0.39, 0.29) is 17.9 Å². The van der Waals surface area contributed by atoms with E-state index in [0.29, 0.717) is 11.1 Å². The normalized spacial score (nSPS) is 15.3. The van der Waals surface area contributed by atoms with E-state index in [1.54, 1.807) is 24.3 Å². The van der Waals surface area contributed by atoms with Gasteiger partial charge in [-0.1, -0.05) is 35.9 Å². The Morgan fingerprint density at radius 2 is 1.48 bits per heavy atom. The van der Waals surface area contributed by atoms with E-state index in [4.69, 9.17) is 0 Å². The van der Waals surface area contributed by atoms with Gasteiger partial charge in [-0.2, -0.15) is 0 Å². The molecule has 0 aromatic heterocycles. The molecule has 0 spiro atoms. The molecule has 0 aliphatic carbocycles. The summed E-state index contributed by atoms with van der Waals surface area (Å²) in [6.07, 6.45) is 0. The number of amides is 2. The van der Waals surface area contributed by atoms with Crippen molar-refractivity contribution in [3.63, 3.8) is 0 Å². The molecule has 0 radical (unpaired) electrons. The molecule has 106 valence electrons. The molecule has 1 aliphatic rings. The quantitative estimate of drug-likeness (QED) is 0.787. The number of carbonyl (C=O) groups excluding carboxylic acids is 2. The third kappa shape index (κ3) is 2.05. The van der Waals surface area contributed by atoms with Crippen LogP contribution in [0.15, 0.2) is 42.5 Å². The molecule has 1 unspecified atom stereocenters. The van der Waals surface area contributed by atoms with E-state index in [2.05, 4.69) is 0 Å². The Labute approximate surface area is 124 Å². The molecule has 1 heterocycles. The number of aryl methyl sites for hydroxylation is 2. The molecule has 2 amide bonds. The molecule has 0 bridgehead atoms. The Hall–Kier alpha value is -2.42. The zero-order valence-corrected chi connectivity index (χ0v) is 12.4. The predicted octanol–water partition coefficient (Wildman–Crippen LogP) is 3.66. The van der Waals surface area contributed by atoms with E-state index in [0.717, 1.165) is 16.7 Å². The van der Waals surface area contributed by atoms with Gasteiger partial charge >= 0.3 is 0 Å². The minimum absolute atomic E-state index is 0.205. The minimum Gasteiger partial charge on any atom is -0.269 e. The second-order valence-electron chi connectivity index (χ2n) is 5.56. The largest absolute Gasteiger partial charge is 0.269 e. The van der Waals surface area contributed by atoms with Gasteiger partial charge < -0.3 is 0 Å². The van der Waals surface area contributed by atoms with Crippen LogP contribution in [0.2, 0.25) is 0 Å². The summed E-state index contributed by atoms with van der Waals surface area (Å²) in [7, 11) is 0. The molecule has 3 heteroatoms. The second kappa shape index (κ2) is 4.85. The third-order valence-electron chi connectivity index (χ3n) is 4.10. The van der Waals surface area contributed by atoms with Crippen LogP contribution in [0.4, 0.5) is 0 Å². The fourth-order valence-electron chi connectivity index (χ4n) is 2.91. The maximum atomic E-state index is 12.5. The molecular formula is C18H17NO2. The minimum atomic E-state index is -0.266. The van der Waals surface area contributed by atoms with E-state index < -0.39 is 0 Å². The fourth-order valence-corrected chi connectivity index (χ4v) is 2.91. The highest BCUT2D eigenvalue weighted by molar-refractivity contribution is 6.21. The summed E-state index contributed by atoms with van der Waals surface area (Å²) in [6, 6.07) is 12.8. The molecule has 0 saturated heterocycles. The van der Waals surface area contributed by atoms with Gasteiger partial charge in [0.25, 0.3) is 11.8 Å². The van der Waals surface area contributed by atoms with Gasteiger partial charge in [-0.3, -0.25) is 14.5 Å². The van der Waals surface area contributed by atoms with Crippen LogP contribution < -0.4 is 0 Å². The molecule has 0 fully saturated rings. The lowest BCUT2D eigenvalue weighted by atomic mass is 9.99. The maximum absolute atomic E-state index is 12.5. The number of hydrogen-bond acceptors (Lipinski definition) is 2. The van der Waals surface area contributed by atoms with Crippen molar-refractivity contribution in [3.8, 4) is 0 Å². The van der Waals surface area contributed by atoms with E-state index >= 15 is 0 Å². The summed E-state index contributed by atoms with van der Waals surface area (Å²) in [4.78, 5) is 26.4. The van der Waals surface area contributed by atoms with Gasteiger partial charge in [0.1, 0.15) is 0 Å². The van der Waals surface area contributed by atoms with Crippen molar-refractivity contribution in [2.45, 2.75) is 26.8 Å². The number of carbonyl (C=O) groups is 2. The van der Waals surface area contributed by atoms with Crippen LogP contribution in [0, 0.1) is 13.8 Å². The smallest absolute Gasteiger partial charge is 0.262 e. The molecule has 1 atom stereocenters. The Balaban J connectivity index is 2.04. The van der Waals surface area contributed by atoms with Crippen LogP contribution in [-0.4, -0.2) is 16.7 Å². The van der Waals surface area contributed by atoms with Crippen LogP contribution in [0.25, 0.3) is 0 Å². The average molecular weight is 279 g/mol. The Bertz CT molecular complexity index is 714. The molecule has 0 N–H and O–H groups in total. The molecule has 2 aromatic carbocycles. The first-order valence-corrected chi connectivity index (χ1v) is 7.05. The average Bonchev–Trinajstić information content (AvgIpc) is 2.73. The highest BCUT2D eigenvalue weighted by Gasteiger charge is 2.38. The van der Waals surface area contributed by atoms with Gasteiger partial charge in [-0.15, -0.1) is 0 Å². The van der Waals surface area contributed by atoms with Crippen molar-refractivity contribution in [2.75, 3.05) is 0 Å². The molecule has 0 saturated carbocycles. The third-order valence-corrected chi connectivity index (χ3v) is 4.10. The Morgan fingerprint density at radius 1 is 0.905 bits per heavy atom. The summed E-state index contributed by atoms with van der Waals surface area (Å²) in [5.41, 5.74) is 4.23. The first-order valence-electron chi connectivity index (χ1n) is 7.05. The summed E-state index contributed by atoms with van der Waals surface area (Å²) < 4.78 is 0. The van der Waals surface area contributed by atoms with Gasteiger partial charge in [0, 0.05) is 0 Å². The molecule has 3 rings (SSSR count). The highest BCUT2D eigenvalue weighted by Crippen LogP contribution is 2.32. The first-order chi connectivity index (χ1) is 10.0. The predicted molar refractivity (Wildman–Crippen MR) is 81.3 cm³/mol. The van der Waals surface area contributed by atoms with Crippen molar-refractivity contribution in [3.05, 3.63) is 70.3 Å². The molecule has 3 nitrogen and oxygen atoms in total. The van der Waals surface area contributed by atoms with Crippen molar-refractivity contribution < 1.29 is 9.59 Å². The number of hydrogen-bond donors (Lipinski definition) is 0. The molecular weight excluding hydrogens is 262 g/mol. The van der Waals surface area contributed by atoms with E-state index in [1.807, 2.05) is 39.0 Å². The summed E-state index contributed by atoms with van der Waals surface area (Å²) >= 11 is 0. The van der Waals surface area contributed by atoms with Crippen molar-refractivity contribution in [1.82, 2.24) is 4.90 Å². The standard InChI is InChI=1S/C18H17NO2/c1-11-8-9-12(2)16(10-11)13(3)19-17(20)14-6-4-5-7-15(14)18(19)21/h4-10,13H,1-3H3. The Kier molecular flexibility index (Phi) is 3.13. The number of nitrogens with zero attached hydrogens (tertiary/aromatic N) is 1. The van der Waals surface area contributed by atoms with Gasteiger partial charge in [0.05, 0.1) is 17.2 Å². The summed E-state index contributed by atoms with van der Waals surface area (Å²) in [5.74, 6) is -0.409. The SMILES string of the molecule is Cc1ccc(C)c(C(C)N2C(=O)c3ccccc3C2=O)c1. The first kappa shape index (κ1) is 13.6. The number of fused-ring (bicyclic) bond motifs is 1. The maximum Gasteiger partial charge on any atom is 0.262 e. The van der Waals surface area contributed by atoms with Gasteiger partial charge in [0.2, 0.25) is 0 Å². The van der Waals surface area contributed by atoms with Crippen molar-refractivity contribution in [1.29, 1.82) is 0 Å². The van der Waals surface area contributed by atoms with Gasteiger partial charge in [0.15, 0.2) is 0 Å².